The first-order valence-corrected chi connectivity index (χ1v) is 37.2. The van der Waals surface area contributed by atoms with Crippen LogP contribution in [-0.2, 0) is 91.2 Å². The second kappa shape index (κ2) is 43.1. The summed E-state index contributed by atoms with van der Waals surface area (Å²) in [7, 11) is 1.71. The van der Waals surface area contributed by atoms with Crippen molar-refractivity contribution in [1.29, 1.82) is 0 Å². The molecule has 1 fully saturated rings. The van der Waals surface area contributed by atoms with Gasteiger partial charge in [0.15, 0.2) is 5.96 Å². The van der Waals surface area contributed by atoms with Gasteiger partial charge < -0.3 is 118 Å². The highest BCUT2D eigenvalue weighted by Crippen LogP contribution is 2.25. The molecule has 3 aromatic heterocycles. The van der Waals surface area contributed by atoms with Crippen molar-refractivity contribution >= 4 is 127 Å². The lowest BCUT2D eigenvalue weighted by Crippen LogP contribution is -2.62. The van der Waals surface area contributed by atoms with Crippen molar-refractivity contribution in [3.63, 3.8) is 0 Å². The fourth-order valence-electron chi connectivity index (χ4n) is 10.9. The lowest BCUT2D eigenvalue weighted by molar-refractivity contribution is -0.141. The highest BCUT2D eigenvalue weighted by Gasteiger charge is 2.39. The number of guanidine groups is 1. The van der Waals surface area contributed by atoms with Crippen LogP contribution in [0.4, 0.5) is 0 Å². The number of aliphatic imine (C=N–C) groups is 1. The minimum atomic E-state index is -2.04. The molecule has 5 rings (SSSR count). The second-order valence-electron chi connectivity index (χ2n) is 26.5. The van der Waals surface area contributed by atoms with Crippen LogP contribution in [0.1, 0.15) is 104 Å². The molecule has 0 aliphatic carbocycles. The number of nitrogens with one attached hydrogen (secondary N) is 15. The number of imidazole rings is 2. The van der Waals surface area contributed by atoms with E-state index < -0.39 is 217 Å². The Morgan fingerprint density at radius 2 is 1.14 bits per heavy atom. The molecule has 27 N–H and O–H groups in total. The van der Waals surface area contributed by atoms with Crippen LogP contribution >= 0.6 is 21.6 Å². The fraction of sp³-hybridized carbons (Fsp3) is 0.545. The number of nitrogens with two attached hydrogens (primary N) is 5. The first-order chi connectivity index (χ1) is 51.1. The van der Waals surface area contributed by atoms with Gasteiger partial charge in [-0.25, -0.2) is 9.97 Å². The van der Waals surface area contributed by atoms with Gasteiger partial charge in [0.05, 0.1) is 37.8 Å². The third-order valence-corrected chi connectivity index (χ3v) is 19.7. The van der Waals surface area contributed by atoms with Crippen LogP contribution in [0.3, 0.4) is 0 Å². The molecular weight excluding hydrogens is 1450 g/mol. The van der Waals surface area contributed by atoms with Crippen LogP contribution < -0.4 is 92.5 Å². The number of rotatable bonds is 25. The van der Waals surface area contributed by atoms with Crippen LogP contribution in [-0.4, -0.2) is 233 Å². The molecule has 0 saturated carbocycles. The molecule has 1 aliphatic rings. The number of aliphatic hydroxyl groups is 1. The average molecular weight is 1550 g/mol. The van der Waals surface area contributed by atoms with E-state index in [0.29, 0.717) is 22.9 Å². The molecule has 0 spiro atoms. The summed E-state index contributed by atoms with van der Waals surface area (Å²) in [6.07, 6.45) is 2.04. The van der Waals surface area contributed by atoms with E-state index in [-0.39, 0.29) is 61.7 Å². The zero-order valence-electron chi connectivity index (χ0n) is 60.7. The number of hydrogen-bond donors (Lipinski definition) is 22. The lowest BCUT2D eigenvalue weighted by Gasteiger charge is -2.30. The smallest absolute Gasteiger partial charge is 0.305 e. The Bertz CT molecular complexity index is 3820. The summed E-state index contributed by atoms with van der Waals surface area (Å²) in [5, 5.41) is 51.4. The number of benzene rings is 1. The zero-order chi connectivity index (χ0) is 80.1. The Kier molecular flexibility index (Phi) is 35.0. The van der Waals surface area contributed by atoms with Crippen LogP contribution in [0.15, 0.2) is 60.5 Å². The molecule has 592 valence electrons. The number of carbonyl (C=O) groups excluding carboxylic acids is 14. The Morgan fingerprint density at radius 3 is 1.69 bits per heavy atom. The summed E-state index contributed by atoms with van der Waals surface area (Å²) in [6.45, 7) is 9.74. The van der Waals surface area contributed by atoms with E-state index in [1.165, 1.54) is 45.1 Å². The van der Waals surface area contributed by atoms with Crippen molar-refractivity contribution in [1.82, 2.24) is 88.7 Å². The average Bonchev–Trinajstić information content (AvgIpc) is 1.65. The first kappa shape index (κ1) is 87.8. The number of fused-ring (bicyclic) bond motifs is 1. The second-order valence-corrected chi connectivity index (χ2v) is 29.1. The molecule has 0 radical (unpaired) electrons. The third kappa shape index (κ3) is 28.1. The maximum absolute atomic E-state index is 14.9. The fourth-order valence-corrected chi connectivity index (χ4v) is 13.2. The van der Waals surface area contributed by atoms with Crippen LogP contribution in [0.5, 0.6) is 0 Å². The van der Waals surface area contributed by atoms with Gasteiger partial charge in [-0.05, 0) is 55.6 Å². The van der Waals surface area contributed by atoms with Crippen molar-refractivity contribution in [2.75, 3.05) is 24.6 Å². The molecular formula is C66H99N23O17S2. The molecule has 0 bridgehead atoms. The highest BCUT2D eigenvalue weighted by molar-refractivity contribution is 8.76. The first-order valence-electron chi connectivity index (χ1n) is 34.7. The molecule has 3 unspecified atom stereocenters. The summed E-state index contributed by atoms with van der Waals surface area (Å²) in [5.41, 5.74) is 30.2. The summed E-state index contributed by atoms with van der Waals surface area (Å²) < 4.78 is 0. The van der Waals surface area contributed by atoms with Gasteiger partial charge in [-0.1, -0.05) is 87.8 Å². The Balaban J connectivity index is 1.66. The van der Waals surface area contributed by atoms with Crippen molar-refractivity contribution in [2.45, 2.75) is 185 Å². The number of para-hydroxylation sites is 1. The number of carbonyl (C=O) groups is 15. The van der Waals surface area contributed by atoms with Crippen molar-refractivity contribution < 1.29 is 82.1 Å². The van der Waals surface area contributed by atoms with E-state index in [0.717, 1.165) is 28.5 Å². The predicted octanol–water partition coefficient (Wildman–Crippen LogP) is -6.17. The van der Waals surface area contributed by atoms with E-state index in [4.69, 9.17) is 28.7 Å². The lowest BCUT2D eigenvalue weighted by atomic mass is 9.98. The number of aromatic nitrogens is 5. The van der Waals surface area contributed by atoms with E-state index in [9.17, 15) is 82.1 Å². The van der Waals surface area contributed by atoms with E-state index in [2.05, 4.69) is 93.7 Å². The van der Waals surface area contributed by atoms with E-state index in [1.807, 2.05) is 0 Å². The minimum absolute atomic E-state index is 0.0154. The summed E-state index contributed by atoms with van der Waals surface area (Å²) >= 11 is 0. The van der Waals surface area contributed by atoms with Gasteiger partial charge in [0.1, 0.15) is 66.5 Å². The third-order valence-electron chi connectivity index (χ3n) is 17.3. The number of hydrogen-bond acceptors (Lipinski definition) is 22. The predicted molar refractivity (Wildman–Crippen MR) is 394 cm³/mol. The van der Waals surface area contributed by atoms with Crippen molar-refractivity contribution in [2.24, 2.45) is 51.4 Å². The standard InChI is InChI=1S/C66H99N23O17S2/c1-8-32(6)50(68)63(104)86-46-27-108-107-26-45(62(103)89-53(33(7)90)54(69)95)85-56(97)39(14-11-17-74-66(70)71)80-59(100)43(20-36-24-73-29-78-36)83-58(99)42(19-35-23-72-28-77-35)79-48(92)25-76-55(96)41(18-34-22-75-38-13-10-9-12-37(34)38)82-60(101)44(21-49(93)94)84-57(98)40(15-16-47(67)91)81-64(105)51(30(2)3)88-65(106)52(31(4)5)87-61(46)102/h9-10,12-13,22-24,28-33,39-46,50-53,75,90H,8,11,14-21,25-27,68H2,1-7H3,(H2,67,91)(H2,69,95)(H,72,77)(H,73,78)(H,76,96)(H,79,92)(H,80,100)(H,81,105)(H,82,101)(H,83,99)(H,84,98)(H,85,97)(H,86,104)(H,87,102)(H,88,106)(H,89,103)(H,93,94)(H4,70,71,74)/t32-,33+,39-,40-,41-,42-,43?,44-,45-,46?,50-,51?,52-,53-/m0/s1. The van der Waals surface area contributed by atoms with Gasteiger partial charge in [0.2, 0.25) is 82.7 Å². The number of amides is 14. The molecule has 108 heavy (non-hydrogen) atoms. The monoisotopic (exact) mass is 1550 g/mol. The maximum atomic E-state index is 14.9. The highest BCUT2D eigenvalue weighted by atomic mass is 33.1. The number of primary amides is 2. The van der Waals surface area contributed by atoms with E-state index in [1.54, 1.807) is 52.0 Å². The molecule has 42 heteroatoms. The Hall–Kier alpha value is -10.9. The van der Waals surface area contributed by atoms with Crippen LogP contribution in [0.25, 0.3) is 10.9 Å². The summed E-state index contributed by atoms with van der Waals surface area (Å²) in [4.78, 5) is 232. The normalized spacial score (nSPS) is 23.2. The number of aromatic amines is 3. The zero-order valence-corrected chi connectivity index (χ0v) is 62.3. The summed E-state index contributed by atoms with van der Waals surface area (Å²) in [6, 6.07) is -12.7. The van der Waals surface area contributed by atoms with Gasteiger partial charge in [0.25, 0.3) is 0 Å². The molecule has 14 amide bonds. The molecule has 1 saturated heterocycles. The number of carboxylic acid groups (broad SMARTS) is 1. The molecule has 14 atom stereocenters. The van der Waals surface area contributed by atoms with Gasteiger partial charge in [-0.15, -0.1) is 0 Å². The largest absolute Gasteiger partial charge is 0.481 e. The van der Waals surface area contributed by atoms with E-state index >= 15 is 0 Å². The van der Waals surface area contributed by atoms with Gasteiger partial charge >= 0.3 is 5.97 Å². The number of carboxylic acids is 1. The molecule has 4 heterocycles. The number of aliphatic carboxylic acids is 1. The Morgan fingerprint density at radius 1 is 0.620 bits per heavy atom. The maximum Gasteiger partial charge on any atom is 0.305 e. The Labute approximate surface area is 628 Å². The number of nitrogens with zero attached hydrogens (tertiary/aromatic N) is 3. The van der Waals surface area contributed by atoms with Crippen molar-refractivity contribution in [3.05, 3.63) is 72.5 Å². The number of aliphatic hydroxyl groups excluding tert-OH is 1. The van der Waals surface area contributed by atoms with Gasteiger partial charge in [0, 0.05) is 84.6 Å². The SMILES string of the molecule is CC[C@H](C)[C@H](N)C(=O)NC1CSSC[C@@H](C(=O)N[C@H](C(N)=O)[C@@H](C)O)NC(=O)[C@H](CCCN=C(N)N)NC(=O)C(Cc2cnc[nH]2)NC(=O)[C@H](Cc2cnc[nH]2)NC(=O)CNC(=O)[C@H](Cc2c[nH]c3ccccc23)NC(=O)[C@H](CC(=O)O)NC(=O)[C@H](CCC(N)=O)NC(=O)C(C(C)C)NC(=O)[C@H](C(C)C)NC1=O. The minimum Gasteiger partial charge on any atom is -0.481 e. The summed E-state index contributed by atoms with van der Waals surface area (Å²) in [5.74, 6) is -19.4. The van der Waals surface area contributed by atoms with Gasteiger partial charge in [-0.3, -0.25) is 76.9 Å². The van der Waals surface area contributed by atoms with Gasteiger partial charge in [-0.2, -0.15) is 0 Å². The molecule has 1 aromatic carbocycles. The quantitative estimate of drug-likeness (QED) is 0.0127. The molecule has 40 nitrogen and oxygen atoms in total. The van der Waals surface area contributed by atoms with Crippen LogP contribution in [0, 0.1) is 17.8 Å². The topological polar surface area (TPSA) is 656 Å². The molecule has 4 aromatic rings. The van der Waals surface area contributed by atoms with Crippen molar-refractivity contribution in [3.8, 4) is 0 Å². The van der Waals surface area contributed by atoms with Crippen LogP contribution in [0.2, 0.25) is 0 Å². The number of H-pyrrole nitrogens is 3. The molecule has 1 aliphatic heterocycles.